The van der Waals surface area contributed by atoms with E-state index >= 15 is 0 Å². The maximum atomic E-state index is 5.70. The fraction of sp³-hybridized carbons (Fsp3) is 0.118. The molecule has 0 amide bonds. The fourth-order valence-corrected chi connectivity index (χ4v) is 2.02. The highest BCUT2D eigenvalue weighted by Gasteiger charge is 2.01. The minimum Gasteiger partial charge on any atom is -0.488 e. The van der Waals surface area contributed by atoms with E-state index in [0.29, 0.717) is 18.1 Å². The molecule has 108 valence electrons. The average molecular weight is 299 g/mol. The minimum absolute atomic E-state index is 0.505. The number of thiazole rings is 1. The van der Waals surface area contributed by atoms with Crippen molar-refractivity contribution in [2.45, 2.75) is 13.5 Å². The van der Waals surface area contributed by atoms with E-state index in [-0.39, 0.29) is 0 Å². The van der Waals surface area contributed by atoms with Crippen LogP contribution in [0.5, 0.6) is 11.5 Å². The van der Waals surface area contributed by atoms with Gasteiger partial charge in [0.25, 0.3) is 0 Å². The van der Waals surface area contributed by atoms with Gasteiger partial charge in [0, 0.05) is 12.3 Å². The first-order chi connectivity index (χ1) is 10.1. The zero-order valence-corrected chi connectivity index (χ0v) is 12.7. The average Bonchev–Trinajstić information content (AvgIpc) is 2.97. The molecule has 0 fully saturated rings. The summed E-state index contributed by atoms with van der Waals surface area (Å²) in [5.74, 6) is 1.99. The van der Waals surface area contributed by atoms with Crippen molar-refractivity contribution < 1.29 is 9.47 Å². The van der Waals surface area contributed by atoms with Crippen molar-refractivity contribution in [3.63, 3.8) is 0 Å². The molecule has 0 aliphatic rings. The van der Waals surface area contributed by atoms with Crippen molar-refractivity contribution in [2.24, 2.45) is 0 Å². The standard InChI is InChI=1S/C17H17NO2S/c1-13(2)7-8-14(3)20-16-6-4-5-15(9-16)19-11-17-10-18-12-21-17/h4-10,12H,1,3,11H2,2H3/b8-7-. The molecule has 0 aliphatic heterocycles. The van der Waals surface area contributed by atoms with Crippen molar-refractivity contribution in [1.29, 1.82) is 0 Å². The third kappa shape index (κ3) is 5.28. The number of rotatable bonds is 7. The maximum absolute atomic E-state index is 5.70. The quantitative estimate of drug-likeness (QED) is 0.546. The first kappa shape index (κ1) is 15.1. The van der Waals surface area contributed by atoms with Crippen LogP contribution in [0.25, 0.3) is 0 Å². The molecule has 0 bridgehead atoms. The highest BCUT2D eigenvalue weighted by molar-refractivity contribution is 7.09. The molecule has 0 aliphatic carbocycles. The summed E-state index contributed by atoms with van der Waals surface area (Å²) >= 11 is 1.57. The van der Waals surface area contributed by atoms with Crippen LogP contribution >= 0.6 is 11.3 Å². The van der Waals surface area contributed by atoms with E-state index in [4.69, 9.17) is 9.47 Å². The van der Waals surface area contributed by atoms with Crippen molar-refractivity contribution in [3.05, 3.63) is 77.5 Å². The Morgan fingerprint density at radius 3 is 2.81 bits per heavy atom. The van der Waals surface area contributed by atoms with Gasteiger partial charge in [0.2, 0.25) is 0 Å². The van der Waals surface area contributed by atoms with E-state index in [1.54, 1.807) is 29.1 Å². The third-order valence-corrected chi connectivity index (χ3v) is 3.23. The van der Waals surface area contributed by atoms with Gasteiger partial charge in [0.1, 0.15) is 23.9 Å². The molecule has 4 heteroatoms. The second-order valence-corrected chi connectivity index (χ2v) is 5.45. The Hall–Kier alpha value is -2.33. The Morgan fingerprint density at radius 2 is 2.10 bits per heavy atom. The molecule has 0 spiro atoms. The van der Waals surface area contributed by atoms with Crippen LogP contribution < -0.4 is 9.47 Å². The largest absolute Gasteiger partial charge is 0.488 e. The summed E-state index contributed by atoms with van der Waals surface area (Å²) in [5, 5.41) is 0. The fourth-order valence-electron chi connectivity index (χ4n) is 1.52. The number of hydrogen-bond donors (Lipinski definition) is 0. The summed E-state index contributed by atoms with van der Waals surface area (Å²) in [5.41, 5.74) is 2.73. The summed E-state index contributed by atoms with van der Waals surface area (Å²) in [4.78, 5) is 5.09. The van der Waals surface area contributed by atoms with E-state index in [2.05, 4.69) is 18.1 Å². The normalized spacial score (nSPS) is 10.5. The lowest BCUT2D eigenvalue weighted by Gasteiger charge is -2.08. The molecule has 21 heavy (non-hydrogen) atoms. The summed E-state index contributed by atoms with van der Waals surface area (Å²) in [6.07, 6.45) is 5.44. The van der Waals surface area contributed by atoms with Crippen molar-refractivity contribution in [2.75, 3.05) is 0 Å². The van der Waals surface area contributed by atoms with Gasteiger partial charge in [0.15, 0.2) is 0 Å². The molecular formula is C17H17NO2S. The molecule has 0 unspecified atom stereocenters. The minimum atomic E-state index is 0.505. The number of ether oxygens (including phenoxy) is 2. The summed E-state index contributed by atoms with van der Waals surface area (Å²) in [6, 6.07) is 7.47. The van der Waals surface area contributed by atoms with E-state index in [1.165, 1.54) is 0 Å². The lowest BCUT2D eigenvalue weighted by molar-refractivity contribution is 0.307. The van der Waals surface area contributed by atoms with E-state index in [0.717, 1.165) is 16.2 Å². The molecule has 0 atom stereocenters. The number of allylic oxidation sites excluding steroid dienone is 3. The van der Waals surface area contributed by atoms with E-state index in [9.17, 15) is 0 Å². The van der Waals surface area contributed by atoms with Crippen LogP contribution in [-0.2, 0) is 6.61 Å². The van der Waals surface area contributed by atoms with Gasteiger partial charge in [-0.3, -0.25) is 4.98 Å². The van der Waals surface area contributed by atoms with Gasteiger partial charge in [-0.05, 0) is 25.1 Å². The smallest absolute Gasteiger partial charge is 0.131 e. The van der Waals surface area contributed by atoms with Crippen LogP contribution in [0, 0.1) is 0 Å². The zero-order valence-electron chi connectivity index (χ0n) is 11.9. The number of aromatic nitrogens is 1. The van der Waals surface area contributed by atoms with Gasteiger partial charge in [0.05, 0.1) is 10.4 Å². The lowest BCUT2D eigenvalue weighted by Crippen LogP contribution is -1.94. The van der Waals surface area contributed by atoms with Crippen molar-refractivity contribution >= 4 is 11.3 Å². The summed E-state index contributed by atoms with van der Waals surface area (Å²) in [6.45, 7) is 10.0. The number of hydrogen-bond acceptors (Lipinski definition) is 4. The molecule has 0 radical (unpaired) electrons. The summed E-state index contributed by atoms with van der Waals surface area (Å²) < 4.78 is 11.3. The second-order valence-electron chi connectivity index (χ2n) is 4.48. The molecule has 1 heterocycles. The lowest BCUT2D eigenvalue weighted by atomic mass is 10.3. The monoisotopic (exact) mass is 299 g/mol. The molecule has 0 saturated heterocycles. The molecule has 0 saturated carbocycles. The van der Waals surface area contributed by atoms with Crippen LogP contribution in [-0.4, -0.2) is 4.98 Å². The topological polar surface area (TPSA) is 31.4 Å². The summed E-state index contributed by atoms with van der Waals surface area (Å²) in [7, 11) is 0. The predicted molar refractivity (Wildman–Crippen MR) is 86.6 cm³/mol. The Balaban J connectivity index is 1.94. The van der Waals surface area contributed by atoms with Crippen LogP contribution in [0.15, 0.2) is 72.6 Å². The van der Waals surface area contributed by atoms with Crippen LogP contribution in [0.3, 0.4) is 0 Å². The van der Waals surface area contributed by atoms with Crippen molar-refractivity contribution in [1.82, 2.24) is 4.98 Å². The van der Waals surface area contributed by atoms with Crippen LogP contribution in [0.2, 0.25) is 0 Å². The van der Waals surface area contributed by atoms with Gasteiger partial charge in [-0.15, -0.1) is 11.3 Å². The van der Waals surface area contributed by atoms with Gasteiger partial charge in [-0.25, -0.2) is 0 Å². The molecule has 2 aromatic rings. The first-order valence-corrected chi connectivity index (χ1v) is 7.32. The van der Waals surface area contributed by atoms with Crippen LogP contribution in [0.1, 0.15) is 11.8 Å². The molecule has 1 aromatic carbocycles. The van der Waals surface area contributed by atoms with Gasteiger partial charge in [-0.1, -0.05) is 30.9 Å². The predicted octanol–water partition coefficient (Wildman–Crippen LogP) is 4.75. The second kappa shape index (κ2) is 7.45. The van der Waals surface area contributed by atoms with E-state index in [1.807, 2.05) is 37.3 Å². The first-order valence-electron chi connectivity index (χ1n) is 6.44. The molecule has 2 rings (SSSR count). The Kier molecular flexibility index (Phi) is 5.35. The Morgan fingerprint density at radius 1 is 1.29 bits per heavy atom. The Bertz CT molecular complexity index is 645. The maximum Gasteiger partial charge on any atom is 0.131 e. The van der Waals surface area contributed by atoms with Crippen molar-refractivity contribution in [3.8, 4) is 11.5 Å². The molecular weight excluding hydrogens is 282 g/mol. The highest BCUT2D eigenvalue weighted by Crippen LogP contribution is 2.22. The van der Waals surface area contributed by atoms with E-state index < -0.39 is 0 Å². The number of benzene rings is 1. The van der Waals surface area contributed by atoms with Crippen LogP contribution in [0.4, 0.5) is 0 Å². The SMILES string of the molecule is C=C(C)/C=C\C(=C)Oc1cccc(OCc2cncs2)c1. The molecule has 0 N–H and O–H groups in total. The molecule has 3 nitrogen and oxygen atoms in total. The van der Waals surface area contributed by atoms with Gasteiger partial charge < -0.3 is 9.47 Å². The Labute approximate surface area is 128 Å². The molecule has 1 aromatic heterocycles. The number of nitrogens with zero attached hydrogens (tertiary/aromatic N) is 1. The van der Waals surface area contributed by atoms with Gasteiger partial charge >= 0.3 is 0 Å². The third-order valence-electron chi connectivity index (χ3n) is 2.47. The zero-order chi connectivity index (χ0) is 15.1. The van der Waals surface area contributed by atoms with Gasteiger partial charge in [-0.2, -0.15) is 0 Å². The highest BCUT2D eigenvalue weighted by atomic mass is 32.1.